The molecule has 0 aliphatic heterocycles. The number of aryl methyl sites for hydroxylation is 2. The van der Waals surface area contributed by atoms with Crippen molar-refractivity contribution in [2.24, 2.45) is 0 Å². The lowest BCUT2D eigenvalue weighted by atomic mass is 10.0. The molecule has 0 bridgehead atoms. The SMILES string of the molecule is CCNC(C=C(C)C)c1ccc(C)nc1C. The van der Waals surface area contributed by atoms with Crippen molar-refractivity contribution in [3.8, 4) is 0 Å². The number of hydrogen-bond acceptors (Lipinski definition) is 2. The monoisotopic (exact) mass is 218 g/mol. The Hall–Kier alpha value is -1.15. The van der Waals surface area contributed by atoms with Crippen LogP contribution < -0.4 is 5.32 Å². The van der Waals surface area contributed by atoms with Crippen LogP contribution in [0.1, 0.15) is 43.8 Å². The zero-order valence-corrected chi connectivity index (χ0v) is 11.0. The number of hydrogen-bond donors (Lipinski definition) is 1. The number of rotatable bonds is 4. The molecule has 1 unspecified atom stereocenters. The fraction of sp³-hybridized carbons (Fsp3) is 0.500. The average molecular weight is 218 g/mol. The molecule has 0 radical (unpaired) electrons. The molecule has 0 amide bonds. The van der Waals surface area contributed by atoms with Crippen LogP contribution in [0.2, 0.25) is 0 Å². The molecule has 1 atom stereocenters. The first-order valence-corrected chi connectivity index (χ1v) is 5.87. The first-order chi connectivity index (χ1) is 7.54. The van der Waals surface area contributed by atoms with Gasteiger partial charge in [-0.3, -0.25) is 4.98 Å². The normalized spacial score (nSPS) is 12.3. The van der Waals surface area contributed by atoms with Crippen LogP contribution in [0.15, 0.2) is 23.8 Å². The van der Waals surface area contributed by atoms with Gasteiger partial charge in [-0.25, -0.2) is 0 Å². The molecule has 16 heavy (non-hydrogen) atoms. The van der Waals surface area contributed by atoms with E-state index in [1.807, 2.05) is 6.92 Å². The van der Waals surface area contributed by atoms with E-state index in [-0.39, 0.29) is 6.04 Å². The second-order valence-electron chi connectivity index (χ2n) is 4.41. The predicted molar refractivity (Wildman–Crippen MR) is 69.6 cm³/mol. The first kappa shape index (κ1) is 12.9. The zero-order chi connectivity index (χ0) is 12.1. The highest BCUT2D eigenvalue weighted by molar-refractivity contribution is 5.29. The Morgan fingerprint density at radius 1 is 1.38 bits per heavy atom. The summed E-state index contributed by atoms with van der Waals surface area (Å²) in [5.74, 6) is 0. The van der Waals surface area contributed by atoms with Gasteiger partial charge in [0, 0.05) is 11.4 Å². The summed E-state index contributed by atoms with van der Waals surface area (Å²) in [6.07, 6.45) is 2.25. The van der Waals surface area contributed by atoms with Crippen molar-refractivity contribution >= 4 is 0 Å². The highest BCUT2D eigenvalue weighted by atomic mass is 14.9. The minimum Gasteiger partial charge on any atom is -0.307 e. The highest BCUT2D eigenvalue weighted by Gasteiger charge is 2.10. The Bertz CT molecular complexity index is 376. The fourth-order valence-corrected chi connectivity index (χ4v) is 1.84. The van der Waals surface area contributed by atoms with E-state index >= 15 is 0 Å². The molecule has 1 heterocycles. The molecular weight excluding hydrogens is 196 g/mol. The zero-order valence-electron chi connectivity index (χ0n) is 11.0. The van der Waals surface area contributed by atoms with E-state index in [1.54, 1.807) is 0 Å². The Morgan fingerprint density at radius 3 is 2.56 bits per heavy atom. The molecule has 2 heteroatoms. The van der Waals surface area contributed by atoms with Crippen LogP contribution >= 0.6 is 0 Å². The van der Waals surface area contributed by atoms with Gasteiger partial charge in [-0.15, -0.1) is 0 Å². The summed E-state index contributed by atoms with van der Waals surface area (Å²) in [5, 5.41) is 3.47. The maximum Gasteiger partial charge on any atom is 0.0526 e. The first-order valence-electron chi connectivity index (χ1n) is 5.87. The van der Waals surface area contributed by atoms with Crippen molar-refractivity contribution in [3.63, 3.8) is 0 Å². The smallest absolute Gasteiger partial charge is 0.0526 e. The molecule has 0 aliphatic rings. The van der Waals surface area contributed by atoms with Gasteiger partial charge < -0.3 is 5.32 Å². The second-order valence-corrected chi connectivity index (χ2v) is 4.41. The van der Waals surface area contributed by atoms with Crippen LogP contribution in [0.4, 0.5) is 0 Å². The molecule has 0 aliphatic carbocycles. The summed E-state index contributed by atoms with van der Waals surface area (Å²) < 4.78 is 0. The van der Waals surface area contributed by atoms with E-state index < -0.39 is 0 Å². The standard InChI is InChI=1S/C14H22N2/c1-6-15-14(9-10(2)3)13-8-7-11(4)16-12(13)5/h7-9,14-15H,6H2,1-5H3. The van der Waals surface area contributed by atoms with Crippen LogP contribution in [0.5, 0.6) is 0 Å². The molecule has 88 valence electrons. The summed E-state index contributed by atoms with van der Waals surface area (Å²) in [6, 6.07) is 4.53. The lowest BCUT2D eigenvalue weighted by Gasteiger charge is -2.17. The van der Waals surface area contributed by atoms with E-state index in [0.717, 1.165) is 17.9 Å². The maximum atomic E-state index is 4.51. The fourth-order valence-electron chi connectivity index (χ4n) is 1.84. The maximum absolute atomic E-state index is 4.51. The Labute approximate surface area is 98.8 Å². The number of nitrogens with zero attached hydrogens (tertiary/aromatic N) is 1. The number of aromatic nitrogens is 1. The molecule has 0 spiro atoms. The van der Waals surface area contributed by atoms with Crippen molar-refractivity contribution in [3.05, 3.63) is 40.7 Å². The van der Waals surface area contributed by atoms with Gasteiger partial charge in [0.25, 0.3) is 0 Å². The van der Waals surface area contributed by atoms with Crippen molar-refractivity contribution < 1.29 is 0 Å². The van der Waals surface area contributed by atoms with Crippen molar-refractivity contribution in [1.82, 2.24) is 10.3 Å². The Morgan fingerprint density at radius 2 is 2.06 bits per heavy atom. The molecule has 1 N–H and O–H groups in total. The van der Waals surface area contributed by atoms with Crippen LogP contribution in [-0.2, 0) is 0 Å². The highest BCUT2D eigenvalue weighted by Crippen LogP contribution is 2.19. The summed E-state index contributed by atoms with van der Waals surface area (Å²) in [4.78, 5) is 4.51. The largest absolute Gasteiger partial charge is 0.307 e. The number of nitrogens with one attached hydrogen (secondary N) is 1. The minimum atomic E-state index is 0.281. The predicted octanol–water partition coefficient (Wildman–Crippen LogP) is 3.32. The summed E-state index contributed by atoms with van der Waals surface area (Å²) in [6.45, 7) is 11.4. The van der Waals surface area contributed by atoms with Gasteiger partial charge in [0.1, 0.15) is 0 Å². The van der Waals surface area contributed by atoms with Crippen LogP contribution in [0.3, 0.4) is 0 Å². The molecule has 0 saturated carbocycles. The number of allylic oxidation sites excluding steroid dienone is 1. The molecular formula is C14H22N2. The quantitative estimate of drug-likeness (QED) is 0.784. The van der Waals surface area contributed by atoms with Gasteiger partial charge in [-0.2, -0.15) is 0 Å². The average Bonchev–Trinajstić information content (AvgIpc) is 2.16. The van der Waals surface area contributed by atoms with Gasteiger partial charge in [0.2, 0.25) is 0 Å². The Kier molecular flexibility index (Phi) is 4.69. The van der Waals surface area contributed by atoms with Crippen LogP contribution in [-0.4, -0.2) is 11.5 Å². The topological polar surface area (TPSA) is 24.9 Å². The van der Waals surface area contributed by atoms with Gasteiger partial charge in [0.05, 0.1) is 6.04 Å². The molecule has 0 fully saturated rings. The van der Waals surface area contributed by atoms with Crippen molar-refractivity contribution in [2.45, 2.75) is 40.7 Å². The van der Waals surface area contributed by atoms with Gasteiger partial charge in [-0.05, 0) is 45.9 Å². The lowest BCUT2D eigenvalue weighted by Crippen LogP contribution is -2.20. The van der Waals surface area contributed by atoms with Gasteiger partial charge >= 0.3 is 0 Å². The van der Waals surface area contributed by atoms with Crippen molar-refractivity contribution in [1.29, 1.82) is 0 Å². The summed E-state index contributed by atoms with van der Waals surface area (Å²) >= 11 is 0. The van der Waals surface area contributed by atoms with Gasteiger partial charge in [0.15, 0.2) is 0 Å². The number of likely N-dealkylation sites (N-methyl/N-ethyl adjacent to an activating group) is 1. The minimum absolute atomic E-state index is 0.281. The van der Waals surface area contributed by atoms with Crippen LogP contribution in [0, 0.1) is 13.8 Å². The van der Waals surface area contributed by atoms with E-state index in [0.29, 0.717) is 0 Å². The Balaban J connectivity index is 3.05. The third-order valence-corrected chi connectivity index (χ3v) is 2.53. The second kappa shape index (κ2) is 5.80. The molecule has 1 aromatic rings. The summed E-state index contributed by atoms with van der Waals surface area (Å²) in [5.41, 5.74) is 4.79. The molecule has 2 nitrogen and oxygen atoms in total. The molecule has 0 saturated heterocycles. The summed E-state index contributed by atoms with van der Waals surface area (Å²) in [7, 11) is 0. The number of pyridine rings is 1. The molecule has 1 aromatic heterocycles. The van der Waals surface area contributed by atoms with Crippen LogP contribution in [0.25, 0.3) is 0 Å². The molecule has 1 rings (SSSR count). The van der Waals surface area contributed by atoms with Gasteiger partial charge in [-0.1, -0.05) is 24.6 Å². The van der Waals surface area contributed by atoms with Crippen molar-refractivity contribution in [2.75, 3.05) is 6.54 Å². The molecule has 0 aromatic carbocycles. The third kappa shape index (κ3) is 3.46. The van der Waals surface area contributed by atoms with E-state index in [2.05, 4.69) is 56.2 Å². The third-order valence-electron chi connectivity index (χ3n) is 2.53. The van der Waals surface area contributed by atoms with E-state index in [1.165, 1.54) is 11.1 Å². The lowest BCUT2D eigenvalue weighted by molar-refractivity contribution is 0.638. The van der Waals surface area contributed by atoms with E-state index in [4.69, 9.17) is 0 Å². The van der Waals surface area contributed by atoms with E-state index in [9.17, 15) is 0 Å².